The molecule has 1 aliphatic rings. The van der Waals surface area contributed by atoms with Crippen molar-refractivity contribution in [3.8, 4) is 5.69 Å². The molecular formula is C21H19FN6OS. The zero-order valence-electron chi connectivity index (χ0n) is 16.0. The molecular weight excluding hydrogens is 403 g/mol. The Morgan fingerprint density at radius 3 is 2.77 bits per heavy atom. The third kappa shape index (κ3) is 3.63. The summed E-state index contributed by atoms with van der Waals surface area (Å²) in [5, 5.41) is 15.6. The van der Waals surface area contributed by atoms with Gasteiger partial charge in [-0.3, -0.25) is 4.79 Å². The fraction of sp³-hybridized carbons (Fsp3) is 0.238. The molecule has 1 aliphatic carbocycles. The van der Waals surface area contributed by atoms with Crippen LogP contribution in [0, 0.1) is 5.82 Å². The number of carbonyl (C=O) groups excluding carboxylic acids is 1. The van der Waals surface area contributed by atoms with E-state index in [4.69, 9.17) is 0 Å². The van der Waals surface area contributed by atoms with Crippen molar-refractivity contribution >= 4 is 32.6 Å². The number of fused-ring (bicyclic) bond motifs is 1. The van der Waals surface area contributed by atoms with E-state index in [1.807, 2.05) is 18.2 Å². The molecule has 5 rings (SSSR count). The van der Waals surface area contributed by atoms with Gasteiger partial charge in [-0.1, -0.05) is 23.5 Å². The molecule has 2 aromatic carbocycles. The molecule has 2 heterocycles. The van der Waals surface area contributed by atoms with Crippen LogP contribution < -0.4 is 10.6 Å². The quantitative estimate of drug-likeness (QED) is 0.511. The van der Waals surface area contributed by atoms with Gasteiger partial charge in [-0.25, -0.2) is 9.37 Å². The Kier molecular flexibility index (Phi) is 4.88. The highest BCUT2D eigenvalue weighted by Crippen LogP contribution is 2.30. The van der Waals surface area contributed by atoms with E-state index in [0.717, 1.165) is 34.6 Å². The van der Waals surface area contributed by atoms with Crippen LogP contribution in [0.1, 0.15) is 29.6 Å². The van der Waals surface area contributed by atoms with E-state index in [1.165, 1.54) is 28.3 Å². The zero-order valence-corrected chi connectivity index (χ0v) is 16.8. The van der Waals surface area contributed by atoms with Crippen molar-refractivity contribution in [2.24, 2.45) is 0 Å². The van der Waals surface area contributed by atoms with E-state index in [0.29, 0.717) is 11.3 Å². The zero-order chi connectivity index (χ0) is 20.5. The van der Waals surface area contributed by atoms with Crippen LogP contribution >= 0.6 is 11.3 Å². The van der Waals surface area contributed by atoms with E-state index in [-0.39, 0.29) is 23.8 Å². The number of hydrogen-bond acceptors (Lipinski definition) is 6. The van der Waals surface area contributed by atoms with Crippen LogP contribution in [0.3, 0.4) is 0 Å². The van der Waals surface area contributed by atoms with Crippen molar-refractivity contribution in [1.29, 1.82) is 0 Å². The molecule has 2 N–H and O–H groups in total. The first-order chi connectivity index (χ1) is 14.7. The number of anilines is 1. The molecule has 1 amide bonds. The molecule has 9 heteroatoms. The number of benzene rings is 2. The second-order valence-corrected chi connectivity index (χ2v) is 8.26. The van der Waals surface area contributed by atoms with Gasteiger partial charge in [0.1, 0.15) is 5.82 Å². The number of carbonyl (C=O) groups is 1. The van der Waals surface area contributed by atoms with Crippen LogP contribution in [0.2, 0.25) is 0 Å². The summed E-state index contributed by atoms with van der Waals surface area (Å²) in [6.07, 6.45) is 5.97. The fourth-order valence-corrected chi connectivity index (χ4v) is 4.80. The first-order valence-electron chi connectivity index (χ1n) is 9.76. The summed E-state index contributed by atoms with van der Waals surface area (Å²) in [4.78, 5) is 19.0. The van der Waals surface area contributed by atoms with Crippen LogP contribution in [0.5, 0.6) is 0 Å². The van der Waals surface area contributed by atoms with Crippen LogP contribution in [0.15, 0.2) is 54.9 Å². The van der Waals surface area contributed by atoms with Crippen molar-refractivity contribution in [3.63, 3.8) is 0 Å². The van der Waals surface area contributed by atoms with Crippen LogP contribution in [-0.4, -0.2) is 38.0 Å². The van der Waals surface area contributed by atoms with Gasteiger partial charge in [0, 0.05) is 12.1 Å². The molecule has 2 aromatic heterocycles. The number of amides is 1. The monoisotopic (exact) mass is 422 g/mol. The van der Waals surface area contributed by atoms with Crippen molar-refractivity contribution in [2.75, 3.05) is 5.32 Å². The van der Waals surface area contributed by atoms with Gasteiger partial charge in [0.05, 0.1) is 33.9 Å². The van der Waals surface area contributed by atoms with E-state index in [2.05, 4.69) is 25.8 Å². The Balaban J connectivity index is 1.33. The maximum absolute atomic E-state index is 13.5. The molecule has 152 valence electrons. The van der Waals surface area contributed by atoms with E-state index in [9.17, 15) is 9.18 Å². The molecule has 0 aliphatic heterocycles. The van der Waals surface area contributed by atoms with Crippen molar-refractivity contribution < 1.29 is 9.18 Å². The molecule has 1 fully saturated rings. The summed E-state index contributed by atoms with van der Waals surface area (Å²) in [7, 11) is 0. The van der Waals surface area contributed by atoms with Crippen LogP contribution in [0.4, 0.5) is 9.52 Å². The van der Waals surface area contributed by atoms with Crippen molar-refractivity contribution in [2.45, 2.75) is 31.3 Å². The maximum Gasteiger partial charge on any atom is 0.253 e. The predicted octanol–water partition coefficient (Wildman–Crippen LogP) is 3.78. The third-order valence-corrected chi connectivity index (χ3v) is 6.22. The normalized spacial score (nSPS) is 18.6. The molecule has 0 spiro atoms. The molecule has 4 aromatic rings. The minimum atomic E-state index is -0.269. The molecule has 0 unspecified atom stereocenters. The van der Waals surface area contributed by atoms with Crippen molar-refractivity contribution in [1.82, 2.24) is 25.3 Å². The Hall–Kier alpha value is -3.33. The second kappa shape index (κ2) is 7.83. The first-order valence-corrected chi connectivity index (χ1v) is 10.6. The number of nitrogens with zero attached hydrogens (tertiary/aromatic N) is 4. The molecule has 2 atom stereocenters. The average Bonchev–Trinajstić information content (AvgIpc) is 3.49. The lowest BCUT2D eigenvalue weighted by Crippen LogP contribution is -2.43. The number of para-hydroxylation sites is 1. The van der Waals surface area contributed by atoms with Crippen LogP contribution in [-0.2, 0) is 0 Å². The third-order valence-electron chi connectivity index (χ3n) is 5.27. The van der Waals surface area contributed by atoms with Gasteiger partial charge in [-0.15, -0.1) is 0 Å². The fourth-order valence-electron chi connectivity index (χ4n) is 3.85. The summed E-state index contributed by atoms with van der Waals surface area (Å²) < 4.78 is 14.3. The van der Waals surface area contributed by atoms with Gasteiger partial charge in [-0.2, -0.15) is 15.0 Å². The Morgan fingerprint density at radius 2 is 1.90 bits per heavy atom. The highest BCUT2D eigenvalue weighted by atomic mass is 32.1. The Bertz CT molecular complexity index is 1190. The summed E-state index contributed by atoms with van der Waals surface area (Å²) in [5.41, 5.74) is 1.92. The number of nitrogens with one attached hydrogen (secondary N) is 2. The topological polar surface area (TPSA) is 84.7 Å². The molecule has 0 bridgehead atoms. The number of rotatable bonds is 5. The van der Waals surface area contributed by atoms with Crippen molar-refractivity contribution in [3.05, 3.63) is 66.2 Å². The van der Waals surface area contributed by atoms with Gasteiger partial charge in [0.15, 0.2) is 5.13 Å². The highest BCUT2D eigenvalue weighted by molar-refractivity contribution is 7.22. The molecule has 1 saturated carbocycles. The van der Waals surface area contributed by atoms with Gasteiger partial charge in [0.25, 0.3) is 5.91 Å². The van der Waals surface area contributed by atoms with Gasteiger partial charge in [0.2, 0.25) is 0 Å². The average molecular weight is 422 g/mol. The molecule has 0 saturated heterocycles. The van der Waals surface area contributed by atoms with Gasteiger partial charge in [-0.05, 0) is 49.6 Å². The first kappa shape index (κ1) is 18.7. The number of aromatic nitrogens is 4. The van der Waals surface area contributed by atoms with E-state index >= 15 is 0 Å². The second-order valence-electron chi connectivity index (χ2n) is 7.23. The summed E-state index contributed by atoms with van der Waals surface area (Å²) in [6.45, 7) is 0. The summed E-state index contributed by atoms with van der Waals surface area (Å²) >= 11 is 1.42. The maximum atomic E-state index is 13.5. The predicted molar refractivity (Wildman–Crippen MR) is 113 cm³/mol. The molecule has 0 radical (unpaired) electrons. The lowest BCUT2D eigenvalue weighted by atomic mass is 10.1. The number of thiazole rings is 1. The Labute approximate surface area is 175 Å². The smallest absolute Gasteiger partial charge is 0.253 e. The van der Waals surface area contributed by atoms with Crippen LogP contribution in [0.25, 0.3) is 15.9 Å². The number of hydrogen-bond donors (Lipinski definition) is 2. The van der Waals surface area contributed by atoms with E-state index in [1.54, 1.807) is 24.5 Å². The SMILES string of the molecule is O=C(N[C@@H]1CCC[C@H]1Nc1nc2ccc(F)cc2s1)c1ccccc1-n1nccn1. The standard InChI is InChI=1S/C21H19FN6OS/c22-13-8-9-17-19(12-13)30-21(27-17)26-16-6-3-5-15(16)25-20(29)14-4-1-2-7-18(14)28-23-10-11-24-28/h1-2,4,7-12,15-16H,3,5-6H2,(H,25,29)(H,26,27)/t15-,16-/m1/s1. The lowest BCUT2D eigenvalue weighted by Gasteiger charge is -2.22. The Morgan fingerprint density at radius 1 is 1.10 bits per heavy atom. The lowest BCUT2D eigenvalue weighted by molar-refractivity contribution is 0.0935. The highest BCUT2D eigenvalue weighted by Gasteiger charge is 2.30. The molecule has 30 heavy (non-hydrogen) atoms. The largest absolute Gasteiger partial charge is 0.357 e. The minimum Gasteiger partial charge on any atom is -0.357 e. The van der Waals surface area contributed by atoms with E-state index < -0.39 is 0 Å². The van der Waals surface area contributed by atoms with Gasteiger partial charge < -0.3 is 10.6 Å². The number of halogens is 1. The van der Waals surface area contributed by atoms with Gasteiger partial charge >= 0.3 is 0 Å². The summed E-state index contributed by atoms with van der Waals surface area (Å²) in [5.74, 6) is -0.429. The minimum absolute atomic E-state index is 0.0279. The molecule has 7 nitrogen and oxygen atoms in total. The summed E-state index contributed by atoms with van der Waals surface area (Å²) in [6, 6.07) is 11.9.